The molecule has 0 aliphatic rings. The number of amides is 1. The number of halogens is 2. The van der Waals surface area contributed by atoms with E-state index in [0.29, 0.717) is 17.2 Å². The third-order valence-electron chi connectivity index (χ3n) is 6.57. The van der Waals surface area contributed by atoms with Gasteiger partial charge in [-0.05, 0) is 30.5 Å². The molecule has 6 heteroatoms. The monoisotopic (exact) mass is 628 g/mol. The van der Waals surface area contributed by atoms with Crippen LogP contribution < -0.4 is 38.6 Å². The average Bonchev–Trinajstić information content (AvgIpc) is 2.86. The SMILES string of the molecule is CCCCCCCCCCCCCCOc1ccc(C(CC)NC(=O)c2cc[n+](C)cc2)cc1Cl.[I-]. The van der Waals surface area contributed by atoms with Gasteiger partial charge in [0, 0.05) is 12.1 Å². The molecule has 1 aromatic heterocycles. The molecule has 1 amide bonds. The number of rotatable bonds is 18. The van der Waals surface area contributed by atoms with Crippen LogP contribution in [0.1, 0.15) is 119 Å². The van der Waals surface area contributed by atoms with Crippen molar-refractivity contribution in [2.45, 2.75) is 103 Å². The average molecular weight is 629 g/mol. The Balaban J connectivity index is 0.00000648. The second-order valence-electron chi connectivity index (χ2n) is 9.61. The highest BCUT2D eigenvalue weighted by Gasteiger charge is 2.16. The van der Waals surface area contributed by atoms with E-state index < -0.39 is 0 Å². The van der Waals surface area contributed by atoms with Crippen LogP contribution in [0.2, 0.25) is 5.02 Å². The topological polar surface area (TPSA) is 42.2 Å². The zero-order valence-electron chi connectivity index (χ0n) is 22.5. The van der Waals surface area contributed by atoms with Crippen molar-refractivity contribution in [1.82, 2.24) is 5.32 Å². The molecule has 4 nitrogen and oxygen atoms in total. The first-order chi connectivity index (χ1) is 17.0. The number of ether oxygens (including phenoxy) is 1. The van der Waals surface area contributed by atoms with Crippen molar-refractivity contribution >= 4 is 17.5 Å². The highest BCUT2D eigenvalue weighted by Crippen LogP contribution is 2.29. The summed E-state index contributed by atoms with van der Waals surface area (Å²) >= 11 is 6.51. The predicted octanol–water partition coefficient (Wildman–Crippen LogP) is 5.13. The van der Waals surface area contributed by atoms with E-state index in [-0.39, 0.29) is 35.9 Å². The van der Waals surface area contributed by atoms with Crippen LogP contribution in [0.5, 0.6) is 5.75 Å². The van der Waals surface area contributed by atoms with Gasteiger partial charge >= 0.3 is 0 Å². The van der Waals surface area contributed by atoms with E-state index in [1.165, 1.54) is 70.6 Å². The van der Waals surface area contributed by atoms with Crippen molar-refractivity contribution in [3.8, 4) is 5.75 Å². The van der Waals surface area contributed by atoms with E-state index in [2.05, 4.69) is 19.2 Å². The Morgan fingerprint density at radius 2 is 1.44 bits per heavy atom. The number of nitrogens with one attached hydrogen (secondary N) is 1. The van der Waals surface area contributed by atoms with Crippen LogP contribution in [-0.4, -0.2) is 12.5 Å². The van der Waals surface area contributed by atoms with Crippen molar-refractivity contribution in [2.75, 3.05) is 6.61 Å². The Kier molecular flexibility index (Phi) is 17.9. The molecule has 1 atom stereocenters. The van der Waals surface area contributed by atoms with Gasteiger partial charge in [-0.3, -0.25) is 4.79 Å². The molecule has 202 valence electrons. The first-order valence-electron chi connectivity index (χ1n) is 13.7. The molecule has 36 heavy (non-hydrogen) atoms. The summed E-state index contributed by atoms with van der Waals surface area (Å²) in [4.78, 5) is 12.6. The smallest absolute Gasteiger partial charge is 0.252 e. The summed E-state index contributed by atoms with van der Waals surface area (Å²) in [6.07, 6.45) is 20.5. The number of aryl methyl sites for hydroxylation is 1. The molecule has 2 rings (SSSR count). The van der Waals surface area contributed by atoms with Gasteiger partial charge in [-0.1, -0.05) is 102 Å². The second-order valence-corrected chi connectivity index (χ2v) is 10.0. The number of hydrogen-bond donors (Lipinski definition) is 1. The Morgan fingerprint density at radius 1 is 0.889 bits per heavy atom. The molecule has 0 saturated carbocycles. The van der Waals surface area contributed by atoms with Crippen molar-refractivity contribution in [3.05, 3.63) is 58.9 Å². The summed E-state index contributed by atoms with van der Waals surface area (Å²) in [6, 6.07) is 9.39. The number of nitrogens with zero attached hydrogens (tertiary/aromatic N) is 1. The molecule has 2 aromatic rings. The van der Waals surface area contributed by atoms with Gasteiger partial charge in [-0.25, -0.2) is 4.57 Å². The minimum atomic E-state index is -0.0978. The third kappa shape index (κ3) is 12.8. The number of unbranched alkanes of at least 4 members (excludes halogenated alkanes) is 11. The van der Waals surface area contributed by atoms with E-state index in [1.807, 2.05) is 54.3 Å². The molecule has 0 saturated heterocycles. The maximum Gasteiger partial charge on any atom is 0.252 e. The number of benzene rings is 1. The van der Waals surface area contributed by atoms with Crippen molar-refractivity contribution in [2.24, 2.45) is 7.05 Å². The lowest BCUT2D eigenvalue weighted by Crippen LogP contribution is -3.00. The fourth-order valence-corrected chi connectivity index (χ4v) is 4.53. The van der Waals surface area contributed by atoms with Gasteiger partial charge in [-0.2, -0.15) is 0 Å². The number of aromatic nitrogens is 1. The maximum absolute atomic E-state index is 12.6. The summed E-state index contributed by atoms with van der Waals surface area (Å²) in [6.45, 7) is 5.02. The van der Waals surface area contributed by atoms with Gasteiger partial charge in [0.2, 0.25) is 0 Å². The van der Waals surface area contributed by atoms with Gasteiger partial charge in [0.1, 0.15) is 12.8 Å². The molecule has 0 aliphatic carbocycles. The molecule has 1 heterocycles. The number of carbonyl (C=O) groups excluding carboxylic acids is 1. The largest absolute Gasteiger partial charge is 1.00 e. The van der Waals surface area contributed by atoms with Crippen LogP contribution in [0.25, 0.3) is 0 Å². The summed E-state index contributed by atoms with van der Waals surface area (Å²) < 4.78 is 7.84. The van der Waals surface area contributed by atoms with E-state index in [9.17, 15) is 4.79 Å². The summed E-state index contributed by atoms with van der Waals surface area (Å²) in [5, 5.41) is 3.71. The van der Waals surface area contributed by atoms with Crippen LogP contribution in [0.4, 0.5) is 0 Å². The molecular formula is C30H46ClIN2O2. The molecule has 1 aromatic carbocycles. The lowest BCUT2D eigenvalue weighted by atomic mass is 10.0. The molecule has 0 fully saturated rings. The Morgan fingerprint density at radius 3 is 1.97 bits per heavy atom. The first-order valence-corrected chi connectivity index (χ1v) is 14.1. The minimum absolute atomic E-state index is 0. The zero-order valence-corrected chi connectivity index (χ0v) is 25.5. The second kappa shape index (κ2) is 19.7. The highest BCUT2D eigenvalue weighted by molar-refractivity contribution is 6.32. The fraction of sp³-hybridized carbons (Fsp3) is 0.600. The Labute approximate surface area is 241 Å². The lowest BCUT2D eigenvalue weighted by Gasteiger charge is -2.18. The van der Waals surface area contributed by atoms with Crippen molar-refractivity contribution in [1.29, 1.82) is 0 Å². The summed E-state index contributed by atoms with van der Waals surface area (Å²) in [5.74, 6) is 0.635. The van der Waals surface area contributed by atoms with Gasteiger partial charge in [0.25, 0.3) is 5.91 Å². The zero-order chi connectivity index (χ0) is 25.3. The lowest BCUT2D eigenvalue weighted by molar-refractivity contribution is -0.671. The predicted molar refractivity (Wildman–Crippen MR) is 146 cm³/mol. The van der Waals surface area contributed by atoms with Gasteiger partial charge < -0.3 is 34.0 Å². The van der Waals surface area contributed by atoms with Crippen LogP contribution in [0, 0.1) is 0 Å². The number of pyridine rings is 1. The van der Waals surface area contributed by atoms with Gasteiger partial charge in [0.15, 0.2) is 12.4 Å². The molecule has 0 aliphatic heterocycles. The van der Waals surface area contributed by atoms with Gasteiger partial charge in [0.05, 0.1) is 23.2 Å². The van der Waals surface area contributed by atoms with Crippen LogP contribution >= 0.6 is 11.6 Å². The van der Waals surface area contributed by atoms with E-state index in [0.717, 1.165) is 24.2 Å². The van der Waals surface area contributed by atoms with Crippen LogP contribution in [-0.2, 0) is 7.05 Å². The number of carbonyl (C=O) groups is 1. The molecule has 0 spiro atoms. The van der Waals surface area contributed by atoms with Crippen molar-refractivity contribution in [3.63, 3.8) is 0 Å². The van der Waals surface area contributed by atoms with Crippen molar-refractivity contribution < 1.29 is 38.1 Å². The quantitative estimate of drug-likeness (QED) is 0.141. The molecule has 0 radical (unpaired) electrons. The summed E-state index contributed by atoms with van der Waals surface area (Å²) in [7, 11) is 1.93. The first kappa shape index (κ1) is 32.7. The molecule has 1 N–H and O–H groups in total. The standard InChI is InChI=1S/C30H45ClN2O2.HI/c1-4-6-7-8-9-10-11-12-13-14-15-16-23-35-29-18-17-26(24-27(29)31)28(5-2)32-30(34)25-19-21-33(3)22-20-25;/h17-22,24,28H,4-16,23H2,1-3H3;1H. The maximum atomic E-state index is 12.6. The molecule has 1 unspecified atom stereocenters. The fourth-order valence-electron chi connectivity index (χ4n) is 4.29. The van der Waals surface area contributed by atoms with Crippen LogP contribution in [0.15, 0.2) is 42.7 Å². The highest BCUT2D eigenvalue weighted by atomic mass is 127. The number of hydrogen-bond acceptors (Lipinski definition) is 2. The molecular weight excluding hydrogens is 583 g/mol. The van der Waals surface area contributed by atoms with Gasteiger partial charge in [-0.15, -0.1) is 0 Å². The Bertz CT molecular complexity index is 861. The normalized spacial score (nSPS) is 11.6. The van der Waals surface area contributed by atoms with E-state index in [1.54, 1.807) is 0 Å². The van der Waals surface area contributed by atoms with E-state index in [4.69, 9.17) is 16.3 Å². The third-order valence-corrected chi connectivity index (χ3v) is 6.86. The minimum Gasteiger partial charge on any atom is -1.00 e. The molecule has 0 bridgehead atoms. The summed E-state index contributed by atoms with van der Waals surface area (Å²) in [5.41, 5.74) is 1.64. The van der Waals surface area contributed by atoms with Crippen LogP contribution in [0.3, 0.4) is 0 Å². The Hall–Kier alpha value is -1.34. The van der Waals surface area contributed by atoms with E-state index >= 15 is 0 Å².